The third kappa shape index (κ3) is 2.47. The van der Waals surface area contributed by atoms with E-state index in [1.807, 2.05) is 11.9 Å². The number of carbonyl (C=O) groups is 1. The standard InChI is InChI=1S/C15H27N3O/c1-17(12-5-2-3-6-12)15(19)18-13-7-4-8-14(18)10-11(16)9-13/h11-14H,2-10,16H2,1H3. The van der Waals surface area contributed by atoms with Crippen LogP contribution in [0.4, 0.5) is 4.79 Å². The number of nitrogens with two attached hydrogens (primary N) is 1. The highest BCUT2D eigenvalue weighted by molar-refractivity contribution is 5.75. The van der Waals surface area contributed by atoms with Gasteiger partial charge in [0.05, 0.1) is 0 Å². The van der Waals surface area contributed by atoms with E-state index >= 15 is 0 Å². The van der Waals surface area contributed by atoms with Gasteiger partial charge in [0.2, 0.25) is 0 Å². The molecule has 1 aliphatic carbocycles. The molecule has 2 bridgehead atoms. The number of fused-ring (bicyclic) bond motifs is 2. The topological polar surface area (TPSA) is 49.6 Å². The Morgan fingerprint density at radius 3 is 2.21 bits per heavy atom. The van der Waals surface area contributed by atoms with Crippen LogP contribution in [0.15, 0.2) is 0 Å². The molecule has 3 fully saturated rings. The Balaban J connectivity index is 1.71. The van der Waals surface area contributed by atoms with E-state index in [-0.39, 0.29) is 6.03 Å². The van der Waals surface area contributed by atoms with Crippen LogP contribution in [0.3, 0.4) is 0 Å². The van der Waals surface area contributed by atoms with Crippen molar-refractivity contribution < 1.29 is 4.79 Å². The fraction of sp³-hybridized carbons (Fsp3) is 0.933. The summed E-state index contributed by atoms with van der Waals surface area (Å²) in [5.74, 6) is 0. The zero-order valence-electron chi connectivity index (χ0n) is 12.1. The molecular formula is C15H27N3O. The third-order valence-corrected chi connectivity index (χ3v) is 5.41. The summed E-state index contributed by atoms with van der Waals surface area (Å²) < 4.78 is 0. The molecule has 19 heavy (non-hydrogen) atoms. The predicted molar refractivity (Wildman–Crippen MR) is 75.9 cm³/mol. The molecule has 2 heterocycles. The minimum atomic E-state index is 0.272. The van der Waals surface area contributed by atoms with Crippen molar-refractivity contribution in [3.05, 3.63) is 0 Å². The highest BCUT2D eigenvalue weighted by Gasteiger charge is 2.41. The molecule has 2 N–H and O–H groups in total. The van der Waals surface area contributed by atoms with Crippen molar-refractivity contribution >= 4 is 6.03 Å². The van der Waals surface area contributed by atoms with Gasteiger partial charge in [-0.3, -0.25) is 0 Å². The van der Waals surface area contributed by atoms with Crippen molar-refractivity contribution in [3.8, 4) is 0 Å². The summed E-state index contributed by atoms with van der Waals surface area (Å²) in [5, 5.41) is 0. The molecule has 2 amide bonds. The van der Waals surface area contributed by atoms with Gasteiger partial charge in [0.25, 0.3) is 0 Å². The smallest absolute Gasteiger partial charge is 0.320 e. The van der Waals surface area contributed by atoms with Gasteiger partial charge >= 0.3 is 6.03 Å². The van der Waals surface area contributed by atoms with Crippen molar-refractivity contribution in [1.82, 2.24) is 9.80 Å². The van der Waals surface area contributed by atoms with Crippen LogP contribution in [-0.2, 0) is 0 Å². The Bertz CT molecular complexity index is 326. The van der Waals surface area contributed by atoms with Crippen LogP contribution >= 0.6 is 0 Å². The van der Waals surface area contributed by atoms with Gasteiger partial charge in [-0.25, -0.2) is 4.79 Å². The maximum atomic E-state index is 12.8. The maximum Gasteiger partial charge on any atom is 0.320 e. The van der Waals surface area contributed by atoms with E-state index in [4.69, 9.17) is 5.73 Å². The molecule has 0 radical (unpaired) electrons. The predicted octanol–water partition coefficient (Wildman–Crippen LogP) is 2.33. The number of nitrogens with zero attached hydrogens (tertiary/aromatic N) is 2. The summed E-state index contributed by atoms with van der Waals surface area (Å²) in [4.78, 5) is 17.0. The molecule has 2 unspecified atom stereocenters. The lowest BCUT2D eigenvalue weighted by Crippen LogP contribution is -2.60. The first-order valence-electron chi connectivity index (χ1n) is 7.97. The summed E-state index contributed by atoms with van der Waals surface area (Å²) in [6.07, 6.45) is 10.5. The Hall–Kier alpha value is -0.770. The lowest BCUT2D eigenvalue weighted by atomic mass is 9.82. The fourth-order valence-corrected chi connectivity index (χ4v) is 4.37. The van der Waals surface area contributed by atoms with Gasteiger partial charge in [0.15, 0.2) is 0 Å². The van der Waals surface area contributed by atoms with Crippen LogP contribution in [0.2, 0.25) is 0 Å². The number of amides is 2. The minimum Gasteiger partial charge on any atom is -0.328 e. The summed E-state index contributed by atoms with van der Waals surface area (Å²) >= 11 is 0. The van der Waals surface area contributed by atoms with Gasteiger partial charge in [-0.1, -0.05) is 12.8 Å². The zero-order chi connectivity index (χ0) is 13.4. The van der Waals surface area contributed by atoms with Gasteiger partial charge in [-0.2, -0.15) is 0 Å². The molecule has 1 saturated carbocycles. The highest BCUT2D eigenvalue weighted by atomic mass is 16.2. The maximum absolute atomic E-state index is 12.8. The number of carbonyl (C=O) groups excluding carboxylic acids is 1. The van der Waals surface area contributed by atoms with Crippen molar-refractivity contribution in [1.29, 1.82) is 0 Å². The van der Waals surface area contributed by atoms with E-state index in [1.165, 1.54) is 32.1 Å². The van der Waals surface area contributed by atoms with Crippen molar-refractivity contribution in [2.75, 3.05) is 7.05 Å². The Morgan fingerprint density at radius 2 is 1.63 bits per heavy atom. The molecule has 108 valence electrons. The second kappa shape index (κ2) is 5.31. The highest BCUT2D eigenvalue weighted by Crippen LogP contribution is 2.35. The first-order valence-corrected chi connectivity index (χ1v) is 7.97. The quantitative estimate of drug-likeness (QED) is 0.791. The first-order chi connectivity index (χ1) is 9.16. The summed E-state index contributed by atoms with van der Waals surface area (Å²) in [5.41, 5.74) is 6.13. The molecule has 3 rings (SSSR count). The van der Waals surface area contributed by atoms with Crippen molar-refractivity contribution in [2.45, 2.75) is 82.0 Å². The number of urea groups is 1. The minimum absolute atomic E-state index is 0.272. The van der Waals surface area contributed by atoms with Gasteiger partial charge in [0.1, 0.15) is 0 Å². The zero-order valence-corrected chi connectivity index (χ0v) is 12.1. The van der Waals surface area contributed by atoms with Gasteiger partial charge in [-0.15, -0.1) is 0 Å². The van der Waals surface area contributed by atoms with Gasteiger partial charge in [0, 0.05) is 31.2 Å². The van der Waals surface area contributed by atoms with E-state index in [1.54, 1.807) is 0 Å². The molecule has 2 aliphatic heterocycles. The first kappa shape index (κ1) is 13.2. The average molecular weight is 265 g/mol. The molecule has 4 heteroatoms. The number of rotatable bonds is 1. The molecule has 3 aliphatic rings. The van der Waals surface area contributed by atoms with Crippen LogP contribution in [0.25, 0.3) is 0 Å². The molecule has 0 aromatic heterocycles. The molecule has 4 nitrogen and oxygen atoms in total. The van der Waals surface area contributed by atoms with E-state index < -0.39 is 0 Å². The summed E-state index contributed by atoms with van der Waals surface area (Å²) in [6, 6.07) is 1.85. The molecule has 2 saturated heterocycles. The molecular weight excluding hydrogens is 238 g/mol. The Morgan fingerprint density at radius 1 is 1.05 bits per heavy atom. The van der Waals surface area contributed by atoms with E-state index in [9.17, 15) is 4.79 Å². The largest absolute Gasteiger partial charge is 0.328 e. The van der Waals surface area contributed by atoms with Gasteiger partial charge < -0.3 is 15.5 Å². The Labute approximate surface area is 116 Å². The van der Waals surface area contributed by atoms with E-state index in [0.29, 0.717) is 24.2 Å². The molecule has 0 aromatic carbocycles. The normalized spacial score (nSPS) is 35.5. The molecule has 2 atom stereocenters. The number of piperidine rings is 2. The SMILES string of the molecule is CN(C(=O)N1C2CCCC1CC(N)C2)C1CCCC1. The lowest BCUT2D eigenvalue weighted by Gasteiger charge is -2.49. The third-order valence-electron chi connectivity index (χ3n) is 5.41. The van der Waals surface area contributed by atoms with Crippen LogP contribution in [0.1, 0.15) is 57.8 Å². The average Bonchev–Trinajstić information content (AvgIpc) is 2.89. The van der Waals surface area contributed by atoms with E-state index in [2.05, 4.69) is 4.90 Å². The lowest BCUT2D eigenvalue weighted by molar-refractivity contribution is 0.0411. The van der Waals surface area contributed by atoms with Crippen LogP contribution < -0.4 is 5.73 Å². The van der Waals surface area contributed by atoms with Crippen LogP contribution in [-0.4, -0.2) is 47.0 Å². The Kier molecular flexibility index (Phi) is 3.70. The molecule has 0 aromatic rings. The summed E-state index contributed by atoms with van der Waals surface area (Å²) in [6.45, 7) is 0. The van der Waals surface area contributed by atoms with Crippen molar-refractivity contribution in [3.63, 3.8) is 0 Å². The van der Waals surface area contributed by atoms with Crippen LogP contribution in [0.5, 0.6) is 0 Å². The van der Waals surface area contributed by atoms with Crippen molar-refractivity contribution in [2.24, 2.45) is 5.73 Å². The summed E-state index contributed by atoms with van der Waals surface area (Å²) in [7, 11) is 2.00. The molecule has 0 spiro atoms. The van der Waals surface area contributed by atoms with E-state index in [0.717, 1.165) is 25.7 Å². The number of hydrogen-bond acceptors (Lipinski definition) is 2. The second-order valence-electron chi connectivity index (χ2n) is 6.71. The second-order valence-corrected chi connectivity index (χ2v) is 6.71. The van der Waals surface area contributed by atoms with Gasteiger partial charge in [-0.05, 0) is 44.9 Å². The number of hydrogen-bond donors (Lipinski definition) is 1. The fourth-order valence-electron chi connectivity index (χ4n) is 4.37. The monoisotopic (exact) mass is 265 g/mol. The van der Waals surface area contributed by atoms with Crippen LogP contribution in [0, 0.1) is 0 Å².